The highest BCUT2D eigenvalue weighted by atomic mass is 127. The van der Waals surface area contributed by atoms with E-state index in [0.717, 1.165) is 37.7 Å². The van der Waals surface area contributed by atoms with Crippen LogP contribution in [0.5, 0.6) is 0 Å². The predicted molar refractivity (Wildman–Crippen MR) is 77.5 cm³/mol. The van der Waals surface area contributed by atoms with Gasteiger partial charge in [0.2, 0.25) is 0 Å². The van der Waals surface area contributed by atoms with Crippen molar-refractivity contribution in [1.29, 1.82) is 0 Å². The molecule has 1 heterocycles. The van der Waals surface area contributed by atoms with Crippen molar-refractivity contribution in [3.8, 4) is 0 Å². The van der Waals surface area contributed by atoms with Gasteiger partial charge in [0.15, 0.2) is 5.96 Å². The van der Waals surface area contributed by atoms with Gasteiger partial charge in [-0.15, -0.1) is 24.0 Å². The topological polar surface area (TPSA) is 49.6 Å². The Morgan fingerprint density at radius 1 is 1.38 bits per heavy atom. The van der Waals surface area contributed by atoms with E-state index in [1.54, 1.807) is 13.3 Å². The van der Waals surface area contributed by atoms with E-state index in [-0.39, 0.29) is 24.0 Å². The number of hydrogen-bond acceptors (Lipinski definition) is 2. The second kappa shape index (κ2) is 9.50. The van der Waals surface area contributed by atoms with Crippen LogP contribution in [0.2, 0.25) is 0 Å². The fourth-order valence-electron chi connectivity index (χ4n) is 1.22. The number of nitrogens with zero attached hydrogens (tertiary/aromatic N) is 1. The van der Waals surface area contributed by atoms with Gasteiger partial charge in [0.25, 0.3) is 0 Å². The molecule has 0 aromatic carbocycles. The summed E-state index contributed by atoms with van der Waals surface area (Å²) in [4.78, 5) is 4.11. The molecule has 1 rings (SSSR count). The Morgan fingerprint density at radius 2 is 2.12 bits per heavy atom. The van der Waals surface area contributed by atoms with Gasteiger partial charge >= 0.3 is 0 Å². The summed E-state index contributed by atoms with van der Waals surface area (Å²) in [6, 6.07) is 3.88. The van der Waals surface area contributed by atoms with Crippen LogP contribution < -0.4 is 10.6 Å². The number of halogens is 1. The van der Waals surface area contributed by atoms with Crippen molar-refractivity contribution < 1.29 is 4.42 Å². The molecule has 0 amide bonds. The van der Waals surface area contributed by atoms with Crippen LogP contribution in [0.3, 0.4) is 0 Å². The lowest BCUT2D eigenvalue weighted by atomic mass is 10.3. The fraction of sp³-hybridized carbons (Fsp3) is 0.545. The number of nitrogens with one attached hydrogen (secondary N) is 2. The molecule has 0 bridgehead atoms. The molecule has 5 heteroatoms. The van der Waals surface area contributed by atoms with Crippen molar-refractivity contribution in [3.05, 3.63) is 24.2 Å². The third kappa shape index (κ3) is 5.99. The molecule has 16 heavy (non-hydrogen) atoms. The van der Waals surface area contributed by atoms with Crippen LogP contribution >= 0.6 is 24.0 Å². The third-order valence-corrected chi connectivity index (χ3v) is 2.01. The molecule has 1 aromatic heterocycles. The molecule has 0 saturated carbocycles. The van der Waals surface area contributed by atoms with Crippen LogP contribution in [-0.4, -0.2) is 26.1 Å². The van der Waals surface area contributed by atoms with E-state index in [2.05, 4.69) is 22.5 Å². The van der Waals surface area contributed by atoms with Crippen molar-refractivity contribution in [2.75, 3.05) is 20.1 Å². The van der Waals surface area contributed by atoms with Crippen molar-refractivity contribution in [3.63, 3.8) is 0 Å². The van der Waals surface area contributed by atoms with E-state index in [4.69, 9.17) is 4.42 Å². The van der Waals surface area contributed by atoms with Gasteiger partial charge in [-0.25, -0.2) is 0 Å². The van der Waals surface area contributed by atoms with E-state index < -0.39 is 0 Å². The maximum Gasteiger partial charge on any atom is 0.190 e. The molecule has 0 radical (unpaired) electrons. The lowest BCUT2D eigenvalue weighted by Crippen LogP contribution is -2.38. The smallest absolute Gasteiger partial charge is 0.190 e. The highest BCUT2D eigenvalue weighted by Crippen LogP contribution is 1.99. The molecule has 0 unspecified atom stereocenters. The van der Waals surface area contributed by atoms with Gasteiger partial charge in [-0.1, -0.05) is 6.92 Å². The van der Waals surface area contributed by atoms with Crippen LogP contribution in [-0.2, 0) is 6.42 Å². The average Bonchev–Trinajstić information content (AvgIpc) is 2.76. The van der Waals surface area contributed by atoms with Gasteiger partial charge in [-0.05, 0) is 18.6 Å². The maximum absolute atomic E-state index is 5.23. The van der Waals surface area contributed by atoms with E-state index in [9.17, 15) is 0 Å². The highest BCUT2D eigenvalue weighted by molar-refractivity contribution is 14.0. The molecule has 4 nitrogen and oxygen atoms in total. The zero-order chi connectivity index (χ0) is 10.9. The Bertz CT molecular complexity index is 285. The van der Waals surface area contributed by atoms with Crippen LogP contribution in [0, 0.1) is 0 Å². The number of rotatable bonds is 5. The molecule has 1 aromatic rings. The van der Waals surface area contributed by atoms with Gasteiger partial charge in [0.05, 0.1) is 6.26 Å². The van der Waals surface area contributed by atoms with Gasteiger partial charge in [0, 0.05) is 26.6 Å². The van der Waals surface area contributed by atoms with E-state index in [1.807, 2.05) is 12.1 Å². The van der Waals surface area contributed by atoms with Crippen molar-refractivity contribution >= 4 is 29.9 Å². The van der Waals surface area contributed by atoms with Gasteiger partial charge in [-0.2, -0.15) is 0 Å². The van der Waals surface area contributed by atoms with E-state index >= 15 is 0 Å². The van der Waals surface area contributed by atoms with E-state index in [0.29, 0.717) is 0 Å². The number of hydrogen-bond donors (Lipinski definition) is 2. The zero-order valence-corrected chi connectivity index (χ0v) is 12.2. The van der Waals surface area contributed by atoms with Crippen molar-refractivity contribution in [1.82, 2.24) is 10.6 Å². The van der Waals surface area contributed by atoms with Crippen molar-refractivity contribution in [2.45, 2.75) is 19.8 Å². The van der Waals surface area contributed by atoms with Crippen LogP contribution in [0.4, 0.5) is 0 Å². The fourth-order valence-corrected chi connectivity index (χ4v) is 1.22. The SMILES string of the molecule is CCCNC(=NC)NCCc1ccco1.I. The summed E-state index contributed by atoms with van der Waals surface area (Å²) in [6.07, 6.45) is 3.66. The summed E-state index contributed by atoms with van der Waals surface area (Å²) in [5.74, 6) is 1.84. The first kappa shape index (κ1) is 15.3. The van der Waals surface area contributed by atoms with Gasteiger partial charge < -0.3 is 15.1 Å². The number of aliphatic imine (C=N–C) groups is 1. The third-order valence-electron chi connectivity index (χ3n) is 2.01. The van der Waals surface area contributed by atoms with E-state index in [1.165, 1.54) is 0 Å². The predicted octanol–water partition coefficient (Wildman–Crippen LogP) is 2.02. The zero-order valence-electron chi connectivity index (χ0n) is 9.82. The Kier molecular flexibility index (Phi) is 9.07. The Morgan fingerprint density at radius 3 is 2.69 bits per heavy atom. The lowest BCUT2D eigenvalue weighted by Gasteiger charge is -2.09. The Hall–Kier alpha value is -0.720. The number of furan rings is 1. The number of guanidine groups is 1. The van der Waals surface area contributed by atoms with Crippen LogP contribution in [0.1, 0.15) is 19.1 Å². The van der Waals surface area contributed by atoms with Crippen LogP contribution in [0.25, 0.3) is 0 Å². The quantitative estimate of drug-likeness (QED) is 0.491. The summed E-state index contributed by atoms with van der Waals surface area (Å²) in [7, 11) is 1.78. The summed E-state index contributed by atoms with van der Waals surface area (Å²) >= 11 is 0. The van der Waals surface area contributed by atoms with Crippen molar-refractivity contribution in [2.24, 2.45) is 4.99 Å². The van der Waals surface area contributed by atoms with Crippen LogP contribution in [0.15, 0.2) is 27.8 Å². The first-order valence-corrected chi connectivity index (χ1v) is 5.33. The Balaban J connectivity index is 0.00000225. The molecule has 0 spiro atoms. The molecular weight excluding hydrogens is 317 g/mol. The second-order valence-electron chi connectivity index (χ2n) is 3.26. The molecule has 0 aliphatic carbocycles. The minimum Gasteiger partial charge on any atom is -0.469 e. The first-order valence-electron chi connectivity index (χ1n) is 5.33. The molecule has 0 fully saturated rings. The molecule has 0 saturated heterocycles. The van der Waals surface area contributed by atoms with Gasteiger partial charge in [0.1, 0.15) is 5.76 Å². The monoisotopic (exact) mass is 337 g/mol. The first-order chi connectivity index (χ1) is 7.36. The minimum atomic E-state index is 0. The maximum atomic E-state index is 5.23. The summed E-state index contributed by atoms with van der Waals surface area (Å²) in [5.41, 5.74) is 0. The summed E-state index contributed by atoms with van der Waals surface area (Å²) < 4.78 is 5.23. The lowest BCUT2D eigenvalue weighted by molar-refractivity contribution is 0.507. The molecule has 0 atom stereocenters. The molecule has 2 N–H and O–H groups in total. The Labute approximate surface area is 114 Å². The molecule has 92 valence electrons. The molecule has 0 aliphatic rings. The molecular formula is C11H20IN3O. The highest BCUT2D eigenvalue weighted by Gasteiger charge is 1.97. The summed E-state index contributed by atoms with van der Waals surface area (Å²) in [5, 5.41) is 6.43. The average molecular weight is 337 g/mol. The molecule has 0 aliphatic heterocycles. The largest absolute Gasteiger partial charge is 0.469 e. The van der Waals surface area contributed by atoms with Gasteiger partial charge in [-0.3, -0.25) is 4.99 Å². The second-order valence-corrected chi connectivity index (χ2v) is 3.26. The minimum absolute atomic E-state index is 0. The summed E-state index contributed by atoms with van der Waals surface area (Å²) in [6.45, 7) is 3.90. The normalized spacial score (nSPS) is 10.8. The standard InChI is InChI=1S/C11H19N3O.HI/c1-3-7-13-11(12-2)14-8-6-10-5-4-9-15-10;/h4-5,9H,3,6-8H2,1-2H3,(H2,12,13,14);1H.